The lowest BCUT2D eigenvalue weighted by Gasteiger charge is -2.35. The van der Waals surface area contributed by atoms with Crippen molar-refractivity contribution in [3.05, 3.63) is 23.8 Å². The number of benzene rings is 1. The summed E-state index contributed by atoms with van der Waals surface area (Å²) in [4.78, 5) is 12.4. The number of hydrogen-bond donors (Lipinski definition) is 1. The highest BCUT2D eigenvalue weighted by molar-refractivity contribution is 5.76. The molecule has 132 valence electrons. The van der Waals surface area contributed by atoms with Crippen molar-refractivity contribution < 1.29 is 14.3 Å². The summed E-state index contributed by atoms with van der Waals surface area (Å²) in [5, 5.41) is 3.27. The molecule has 0 bridgehead atoms. The van der Waals surface area contributed by atoms with Gasteiger partial charge in [-0.15, -0.1) is 0 Å². The second-order valence-corrected chi connectivity index (χ2v) is 7.31. The van der Waals surface area contributed by atoms with E-state index in [0.29, 0.717) is 37.5 Å². The van der Waals surface area contributed by atoms with Crippen molar-refractivity contribution in [3.63, 3.8) is 0 Å². The summed E-state index contributed by atoms with van der Waals surface area (Å²) in [6, 6.07) is 6.33. The first-order valence-corrected chi connectivity index (χ1v) is 9.31. The van der Waals surface area contributed by atoms with Gasteiger partial charge in [0, 0.05) is 18.9 Å². The van der Waals surface area contributed by atoms with Crippen LogP contribution in [0.1, 0.15) is 51.5 Å². The minimum atomic E-state index is 0.160. The zero-order valence-corrected chi connectivity index (χ0v) is 14.8. The van der Waals surface area contributed by atoms with Crippen LogP contribution in [0, 0.1) is 11.8 Å². The predicted octanol–water partition coefficient (Wildman–Crippen LogP) is 3.72. The molecular weight excluding hydrogens is 302 g/mol. The van der Waals surface area contributed by atoms with Crippen molar-refractivity contribution >= 4 is 5.91 Å². The SMILES string of the molecule is CC1CCCC(C)C1NC(=O)CCc1ccc2c(c1)OCCCO2. The molecule has 2 atom stereocenters. The van der Waals surface area contributed by atoms with E-state index >= 15 is 0 Å². The van der Waals surface area contributed by atoms with Gasteiger partial charge in [-0.1, -0.05) is 26.3 Å². The summed E-state index contributed by atoms with van der Waals surface area (Å²) in [6.45, 7) is 5.90. The zero-order valence-electron chi connectivity index (χ0n) is 14.8. The summed E-state index contributed by atoms with van der Waals surface area (Å²) in [6.07, 6.45) is 5.89. The predicted molar refractivity (Wildman–Crippen MR) is 94.5 cm³/mol. The molecule has 1 saturated carbocycles. The lowest BCUT2D eigenvalue weighted by molar-refractivity contribution is -0.122. The van der Waals surface area contributed by atoms with Crippen LogP contribution < -0.4 is 14.8 Å². The van der Waals surface area contributed by atoms with Gasteiger partial charge in [-0.05, 0) is 48.8 Å². The van der Waals surface area contributed by atoms with Gasteiger partial charge >= 0.3 is 0 Å². The van der Waals surface area contributed by atoms with Crippen LogP contribution in [0.15, 0.2) is 18.2 Å². The number of rotatable bonds is 4. The van der Waals surface area contributed by atoms with Crippen LogP contribution in [0.3, 0.4) is 0 Å². The van der Waals surface area contributed by atoms with Crippen molar-refractivity contribution in [2.75, 3.05) is 13.2 Å². The molecule has 24 heavy (non-hydrogen) atoms. The Labute approximate surface area is 144 Å². The quantitative estimate of drug-likeness (QED) is 0.915. The fraction of sp³-hybridized carbons (Fsp3) is 0.650. The lowest BCUT2D eigenvalue weighted by Crippen LogP contribution is -2.45. The fourth-order valence-corrected chi connectivity index (χ4v) is 3.85. The van der Waals surface area contributed by atoms with Gasteiger partial charge in [0.2, 0.25) is 5.91 Å². The standard InChI is InChI=1S/C20H29NO3/c1-14-5-3-6-15(2)20(14)21-19(22)10-8-16-7-9-17-18(13-16)24-12-4-11-23-17/h7,9,13-15,20H,3-6,8,10-12H2,1-2H3,(H,21,22). The number of ether oxygens (including phenoxy) is 2. The molecule has 1 aliphatic heterocycles. The molecule has 4 heteroatoms. The third-order valence-corrected chi connectivity index (χ3v) is 5.33. The molecule has 1 fully saturated rings. The Morgan fingerprint density at radius 1 is 1.08 bits per heavy atom. The third-order valence-electron chi connectivity index (χ3n) is 5.33. The molecular formula is C20H29NO3. The first kappa shape index (κ1) is 17.1. The maximum atomic E-state index is 12.4. The third kappa shape index (κ3) is 4.22. The fourth-order valence-electron chi connectivity index (χ4n) is 3.85. The summed E-state index contributed by atoms with van der Waals surface area (Å²) in [7, 11) is 0. The van der Waals surface area contributed by atoms with E-state index in [2.05, 4.69) is 19.2 Å². The average molecular weight is 331 g/mol. The Morgan fingerprint density at radius 3 is 2.54 bits per heavy atom. The number of aryl methyl sites for hydroxylation is 1. The molecule has 0 saturated heterocycles. The molecule has 0 aromatic heterocycles. The first-order chi connectivity index (χ1) is 11.6. The molecule has 1 heterocycles. The maximum Gasteiger partial charge on any atom is 0.220 e. The summed E-state index contributed by atoms with van der Waals surface area (Å²) in [5.74, 6) is 2.93. The van der Waals surface area contributed by atoms with Crippen molar-refractivity contribution in [1.82, 2.24) is 5.32 Å². The van der Waals surface area contributed by atoms with Gasteiger partial charge in [0.1, 0.15) is 0 Å². The largest absolute Gasteiger partial charge is 0.490 e. The van der Waals surface area contributed by atoms with Crippen molar-refractivity contribution in [2.24, 2.45) is 11.8 Å². The second kappa shape index (κ2) is 7.91. The molecule has 1 amide bonds. The van der Waals surface area contributed by atoms with Crippen LogP contribution in [-0.4, -0.2) is 25.2 Å². The molecule has 1 aromatic carbocycles. The van der Waals surface area contributed by atoms with Crippen molar-refractivity contribution in [2.45, 2.75) is 58.4 Å². The Balaban J connectivity index is 1.53. The van der Waals surface area contributed by atoms with Gasteiger partial charge < -0.3 is 14.8 Å². The van der Waals surface area contributed by atoms with Gasteiger partial charge in [-0.3, -0.25) is 4.79 Å². The Bertz CT molecular complexity index is 562. The summed E-state index contributed by atoms with van der Waals surface area (Å²) < 4.78 is 11.4. The highest BCUT2D eigenvalue weighted by Crippen LogP contribution is 2.31. The summed E-state index contributed by atoms with van der Waals surface area (Å²) >= 11 is 0. The molecule has 1 aromatic rings. The molecule has 4 nitrogen and oxygen atoms in total. The minimum absolute atomic E-state index is 0.160. The van der Waals surface area contributed by atoms with Crippen LogP contribution >= 0.6 is 0 Å². The van der Waals surface area contributed by atoms with E-state index in [1.807, 2.05) is 18.2 Å². The molecule has 1 N–H and O–H groups in total. The molecule has 0 radical (unpaired) electrons. The van der Waals surface area contributed by atoms with Crippen molar-refractivity contribution in [1.29, 1.82) is 0 Å². The number of carbonyl (C=O) groups excluding carboxylic acids is 1. The molecule has 2 aliphatic rings. The minimum Gasteiger partial charge on any atom is -0.490 e. The van der Waals surface area contributed by atoms with Gasteiger partial charge in [0.15, 0.2) is 11.5 Å². The number of carbonyl (C=O) groups is 1. The second-order valence-electron chi connectivity index (χ2n) is 7.31. The lowest BCUT2D eigenvalue weighted by atomic mass is 9.78. The van der Waals surface area contributed by atoms with Crippen molar-refractivity contribution in [3.8, 4) is 11.5 Å². The van der Waals surface area contributed by atoms with Gasteiger partial charge in [0.05, 0.1) is 13.2 Å². The average Bonchev–Trinajstić information content (AvgIpc) is 2.81. The molecule has 1 aliphatic carbocycles. The molecule has 3 rings (SSSR count). The van der Waals surface area contributed by atoms with Crippen LogP contribution in [0.2, 0.25) is 0 Å². The van der Waals surface area contributed by atoms with Crippen LogP contribution in [-0.2, 0) is 11.2 Å². The zero-order chi connectivity index (χ0) is 16.9. The normalized spacial score (nSPS) is 26.5. The number of hydrogen-bond acceptors (Lipinski definition) is 3. The monoisotopic (exact) mass is 331 g/mol. The van der Waals surface area contributed by atoms with E-state index in [-0.39, 0.29) is 5.91 Å². The Kier molecular flexibility index (Phi) is 5.64. The maximum absolute atomic E-state index is 12.4. The highest BCUT2D eigenvalue weighted by atomic mass is 16.5. The van der Waals surface area contributed by atoms with Crippen LogP contribution in [0.25, 0.3) is 0 Å². The van der Waals surface area contributed by atoms with Crippen LogP contribution in [0.4, 0.5) is 0 Å². The Hall–Kier alpha value is -1.71. The van der Waals surface area contributed by atoms with E-state index < -0.39 is 0 Å². The topological polar surface area (TPSA) is 47.6 Å². The number of nitrogens with one attached hydrogen (secondary N) is 1. The van der Waals surface area contributed by atoms with E-state index in [1.165, 1.54) is 19.3 Å². The van der Waals surface area contributed by atoms with Gasteiger partial charge in [-0.25, -0.2) is 0 Å². The van der Waals surface area contributed by atoms with E-state index in [4.69, 9.17) is 9.47 Å². The van der Waals surface area contributed by atoms with Gasteiger partial charge in [-0.2, -0.15) is 0 Å². The van der Waals surface area contributed by atoms with Gasteiger partial charge in [0.25, 0.3) is 0 Å². The van der Waals surface area contributed by atoms with E-state index in [9.17, 15) is 4.79 Å². The highest BCUT2D eigenvalue weighted by Gasteiger charge is 2.28. The van der Waals surface area contributed by atoms with E-state index in [0.717, 1.165) is 29.9 Å². The number of fused-ring (bicyclic) bond motifs is 1. The van der Waals surface area contributed by atoms with E-state index in [1.54, 1.807) is 0 Å². The Morgan fingerprint density at radius 2 is 1.79 bits per heavy atom. The summed E-state index contributed by atoms with van der Waals surface area (Å²) in [5.41, 5.74) is 1.12. The molecule has 2 unspecified atom stereocenters. The number of amides is 1. The smallest absolute Gasteiger partial charge is 0.220 e. The first-order valence-electron chi connectivity index (χ1n) is 9.31. The molecule has 0 spiro atoms. The van der Waals surface area contributed by atoms with Crippen LogP contribution in [0.5, 0.6) is 11.5 Å².